The lowest BCUT2D eigenvalue weighted by molar-refractivity contribution is -0.156. The summed E-state index contributed by atoms with van der Waals surface area (Å²) in [7, 11) is 3.00. The largest absolute Gasteiger partial charge is 0.492 e. The minimum atomic E-state index is -4.53. The third-order valence-corrected chi connectivity index (χ3v) is 6.01. The van der Waals surface area contributed by atoms with Crippen LogP contribution in [0.4, 0.5) is 18.9 Å². The van der Waals surface area contributed by atoms with Crippen LogP contribution in [0.2, 0.25) is 5.02 Å². The first kappa shape index (κ1) is 46.6. The lowest BCUT2D eigenvalue weighted by atomic mass is 9.92. The number of nitrogens with zero attached hydrogens (tertiary/aromatic N) is 4. The van der Waals surface area contributed by atoms with E-state index in [4.69, 9.17) is 32.7 Å². The number of carbonyl (C=O) groups excluding carboxylic acids is 1. The van der Waals surface area contributed by atoms with E-state index >= 15 is 0 Å². The lowest BCUT2D eigenvalue weighted by Crippen LogP contribution is -2.42. The fraction of sp³-hybridized carbons (Fsp3) is 0.424. The molecule has 0 aliphatic carbocycles. The number of aliphatic imine (C=N–C) groups is 3. The maximum Gasteiger partial charge on any atom is 0.422 e. The molecule has 0 saturated heterocycles. The predicted molar refractivity (Wildman–Crippen MR) is 190 cm³/mol. The number of halogens is 4. The quantitative estimate of drug-likeness (QED) is 0.0668. The molecule has 0 radical (unpaired) electrons. The van der Waals surface area contributed by atoms with Gasteiger partial charge in [0.1, 0.15) is 5.75 Å². The molecule has 0 bridgehead atoms. The molecule has 2 rings (SSSR count). The molecule has 0 saturated carbocycles. The standard InChI is InChI=1S/C30H35ClF3N5O3.2CH5N.CH2O2/c1-6-14-39(15-7-16-41-26-13-8-22(18-35-4)17-25(26)31)20-29(2,3)19-37-27(40)23-9-11-24(12-10-23)38-28(36-5)42-21-30(32,33)34;2*1-2;2-1-3/h1,8-13,17H,4-5,7,14-16,18-21H2,2-3H3,(H,37,40);2*2H2,1H3;1H,(H,2,3). The van der Waals surface area contributed by atoms with E-state index in [1.165, 1.54) is 38.4 Å². The van der Waals surface area contributed by atoms with Gasteiger partial charge in [0.25, 0.3) is 12.4 Å². The maximum absolute atomic E-state index is 12.7. The van der Waals surface area contributed by atoms with Crippen molar-refractivity contribution in [3.63, 3.8) is 0 Å². The maximum atomic E-state index is 12.7. The molecule has 0 atom stereocenters. The number of ether oxygens (including phenoxy) is 2. The zero-order chi connectivity index (χ0) is 37.9. The van der Waals surface area contributed by atoms with Crippen molar-refractivity contribution in [3.05, 3.63) is 58.6 Å². The van der Waals surface area contributed by atoms with Crippen LogP contribution in [0.5, 0.6) is 5.75 Å². The highest BCUT2D eigenvalue weighted by Gasteiger charge is 2.29. The number of amidine groups is 1. The second-order valence-corrected chi connectivity index (χ2v) is 10.6. The normalized spacial score (nSPS) is 10.8. The van der Waals surface area contributed by atoms with Crippen molar-refractivity contribution < 1.29 is 37.3 Å². The van der Waals surface area contributed by atoms with Crippen LogP contribution in [0.25, 0.3) is 0 Å². The summed E-state index contributed by atoms with van der Waals surface area (Å²) in [5, 5.41) is 10.3. The van der Waals surface area contributed by atoms with E-state index in [0.717, 1.165) is 12.0 Å². The van der Waals surface area contributed by atoms with Gasteiger partial charge in [0.05, 0.1) is 30.4 Å². The zero-order valence-corrected chi connectivity index (χ0v) is 29.1. The summed E-state index contributed by atoms with van der Waals surface area (Å²) in [5.41, 5.74) is 10.3. The number of hydrogen-bond acceptors (Lipinski definition) is 9. The van der Waals surface area contributed by atoms with Crippen molar-refractivity contribution in [2.75, 3.05) is 53.5 Å². The van der Waals surface area contributed by atoms with Crippen molar-refractivity contribution in [1.82, 2.24) is 10.2 Å². The number of alkyl halides is 3. The number of hydrogen-bond donors (Lipinski definition) is 4. The molecule has 0 fully saturated rings. The molecule has 2 aromatic rings. The summed E-state index contributed by atoms with van der Waals surface area (Å²) >= 11 is 6.30. The Morgan fingerprint density at radius 3 is 2.27 bits per heavy atom. The molecule has 0 aliphatic heterocycles. The fourth-order valence-corrected chi connectivity index (χ4v) is 4.10. The Kier molecular flexibility index (Phi) is 25.2. The Morgan fingerprint density at radius 2 is 1.76 bits per heavy atom. The summed E-state index contributed by atoms with van der Waals surface area (Å²) in [6.07, 6.45) is 1.78. The molecule has 0 spiro atoms. The van der Waals surface area contributed by atoms with Gasteiger partial charge in [-0.15, -0.1) is 6.42 Å². The molecular formula is C33H47ClF3N7O5. The van der Waals surface area contributed by atoms with Gasteiger partial charge in [0.2, 0.25) is 0 Å². The van der Waals surface area contributed by atoms with Gasteiger partial charge in [0, 0.05) is 25.2 Å². The predicted octanol–water partition coefficient (Wildman–Crippen LogP) is 4.82. The third-order valence-electron chi connectivity index (χ3n) is 5.72. The van der Waals surface area contributed by atoms with Crippen molar-refractivity contribution in [2.24, 2.45) is 31.9 Å². The topological polar surface area (TPSA) is 177 Å². The lowest BCUT2D eigenvalue weighted by Gasteiger charge is -2.32. The van der Waals surface area contributed by atoms with Crippen molar-refractivity contribution >= 4 is 49.1 Å². The van der Waals surface area contributed by atoms with Gasteiger partial charge in [-0.05, 0) is 81.3 Å². The van der Waals surface area contributed by atoms with Crippen molar-refractivity contribution in [3.8, 4) is 18.1 Å². The van der Waals surface area contributed by atoms with Crippen LogP contribution >= 0.6 is 11.6 Å². The average Bonchev–Trinajstić information content (AvgIpc) is 3.07. The van der Waals surface area contributed by atoms with E-state index in [-0.39, 0.29) is 23.5 Å². The third kappa shape index (κ3) is 21.9. The van der Waals surface area contributed by atoms with Crippen LogP contribution in [0.3, 0.4) is 0 Å². The Labute approximate surface area is 291 Å². The summed E-state index contributed by atoms with van der Waals surface area (Å²) in [5.74, 6) is 2.97. The Hall–Kier alpha value is -4.49. The summed E-state index contributed by atoms with van der Waals surface area (Å²) in [4.78, 5) is 34.3. The molecule has 16 heteroatoms. The van der Waals surface area contributed by atoms with Gasteiger partial charge >= 0.3 is 12.2 Å². The smallest absolute Gasteiger partial charge is 0.422 e. The number of terminal acetylenes is 1. The van der Waals surface area contributed by atoms with Gasteiger partial charge in [-0.1, -0.05) is 37.4 Å². The second kappa shape index (κ2) is 26.5. The molecule has 0 unspecified atom stereocenters. The highest BCUT2D eigenvalue weighted by molar-refractivity contribution is 6.32. The minimum absolute atomic E-state index is 0.250. The first-order chi connectivity index (χ1) is 23.3. The summed E-state index contributed by atoms with van der Waals surface area (Å²) < 4.78 is 47.4. The highest BCUT2D eigenvalue weighted by atomic mass is 35.5. The van der Waals surface area contributed by atoms with Crippen molar-refractivity contribution in [2.45, 2.75) is 33.0 Å². The molecular weight excluding hydrogens is 667 g/mol. The van der Waals surface area contributed by atoms with Crippen LogP contribution in [-0.4, -0.2) is 102 Å². The number of rotatable bonds is 15. The molecule has 1 amide bonds. The number of nitrogens with one attached hydrogen (secondary N) is 1. The highest BCUT2D eigenvalue weighted by Crippen LogP contribution is 2.26. The number of nitrogens with two attached hydrogens (primary N) is 2. The van der Waals surface area contributed by atoms with Gasteiger partial charge in [0.15, 0.2) is 6.61 Å². The molecule has 0 aromatic heterocycles. The second-order valence-electron chi connectivity index (χ2n) is 10.2. The van der Waals surface area contributed by atoms with E-state index in [9.17, 15) is 18.0 Å². The van der Waals surface area contributed by atoms with Crippen LogP contribution in [0.1, 0.15) is 36.2 Å². The Balaban J connectivity index is 0. The van der Waals surface area contributed by atoms with E-state index in [2.05, 4.69) is 60.8 Å². The van der Waals surface area contributed by atoms with Crippen LogP contribution in [-0.2, 0) is 16.1 Å². The van der Waals surface area contributed by atoms with E-state index < -0.39 is 18.8 Å². The first-order valence-corrected chi connectivity index (χ1v) is 15.0. The summed E-state index contributed by atoms with van der Waals surface area (Å²) in [6.45, 7) is 12.0. The molecule has 0 heterocycles. The van der Waals surface area contributed by atoms with Crippen molar-refractivity contribution in [1.29, 1.82) is 0 Å². The molecule has 0 aliphatic rings. The SMILES string of the molecule is C#CCN(CCCOc1ccc(CN=C)cc1Cl)CC(C)(C)CNC(=O)c1ccc(N=C(N=C)OCC(F)(F)F)cc1.CN.CN.O=CO. The van der Waals surface area contributed by atoms with E-state index in [0.29, 0.717) is 55.7 Å². The van der Waals surface area contributed by atoms with E-state index in [1.54, 1.807) is 0 Å². The minimum Gasteiger partial charge on any atom is -0.492 e. The molecule has 49 heavy (non-hydrogen) atoms. The molecule has 6 N–H and O–H groups in total. The van der Waals surface area contributed by atoms with Crippen LogP contribution in [0.15, 0.2) is 57.4 Å². The van der Waals surface area contributed by atoms with Crippen LogP contribution in [0, 0.1) is 17.8 Å². The number of carboxylic acid groups (broad SMARTS) is 1. The molecule has 272 valence electrons. The number of carbonyl (C=O) groups is 2. The first-order valence-electron chi connectivity index (χ1n) is 14.6. The van der Waals surface area contributed by atoms with Gasteiger partial charge in [-0.25, -0.2) is 4.99 Å². The molecule has 12 nitrogen and oxygen atoms in total. The number of benzene rings is 2. The van der Waals surface area contributed by atoms with E-state index in [1.807, 2.05) is 32.0 Å². The van der Waals surface area contributed by atoms with Crippen LogP contribution < -0.4 is 21.5 Å². The van der Waals surface area contributed by atoms with Gasteiger partial charge < -0.3 is 31.4 Å². The van der Waals surface area contributed by atoms with Gasteiger partial charge in [-0.3, -0.25) is 19.5 Å². The molecule has 2 aromatic carbocycles. The summed E-state index contributed by atoms with van der Waals surface area (Å²) in [6, 6.07) is 11.0. The zero-order valence-electron chi connectivity index (χ0n) is 28.3. The average molecular weight is 714 g/mol. The fourth-order valence-electron chi connectivity index (χ4n) is 3.84. The Morgan fingerprint density at radius 1 is 1.14 bits per heavy atom. The monoisotopic (exact) mass is 713 g/mol. The Bertz CT molecular complexity index is 1340. The van der Waals surface area contributed by atoms with Gasteiger partial charge in [-0.2, -0.15) is 18.2 Å². The number of amides is 1.